The molecule has 1 aromatic heterocycles. The number of anilines is 1. The summed E-state index contributed by atoms with van der Waals surface area (Å²) < 4.78 is 1.83. The Morgan fingerprint density at radius 1 is 1.11 bits per heavy atom. The van der Waals surface area contributed by atoms with Crippen molar-refractivity contribution in [1.82, 2.24) is 15.1 Å². The van der Waals surface area contributed by atoms with Gasteiger partial charge in [0.2, 0.25) is 5.91 Å². The second kappa shape index (κ2) is 7.55. The zero-order chi connectivity index (χ0) is 18.8. The van der Waals surface area contributed by atoms with E-state index in [2.05, 4.69) is 22.5 Å². The lowest BCUT2D eigenvalue weighted by atomic mass is 9.99. The molecule has 0 saturated heterocycles. The summed E-state index contributed by atoms with van der Waals surface area (Å²) in [6.45, 7) is 1.50. The first-order valence-corrected chi connectivity index (χ1v) is 9.36. The number of halogens is 1. The van der Waals surface area contributed by atoms with Crippen LogP contribution in [0.1, 0.15) is 23.1 Å². The molecule has 0 bridgehead atoms. The summed E-state index contributed by atoms with van der Waals surface area (Å²) in [5.41, 5.74) is 5.54. The van der Waals surface area contributed by atoms with E-state index in [1.54, 1.807) is 4.90 Å². The third kappa shape index (κ3) is 3.89. The van der Waals surface area contributed by atoms with Gasteiger partial charge < -0.3 is 10.2 Å². The van der Waals surface area contributed by atoms with Gasteiger partial charge in [0, 0.05) is 49.0 Å². The molecule has 4 rings (SSSR count). The maximum Gasteiger partial charge on any atom is 0.227 e. The monoisotopic (exact) mass is 380 g/mol. The molecular formula is C21H21ClN4O. The van der Waals surface area contributed by atoms with E-state index < -0.39 is 0 Å². The molecule has 2 heterocycles. The molecule has 6 heteroatoms. The standard InChI is InChI=1S/C21H21ClN4O/c1-25-20-7-5-15(9-17(20)6-8-21(25)27)11-23-12-16-13-24-26(14-16)19-4-2-3-18(22)10-19/h2-5,7,9-10,13-14,23H,6,8,11-12H2,1H3. The summed E-state index contributed by atoms with van der Waals surface area (Å²) in [6, 6.07) is 13.9. The minimum Gasteiger partial charge on any atom is -0.315 e. The number of amides is 1. The van der Waals surface area contributed by atoms with Crippen molar-refractivity contribution in [1.29, 1.82) is 0 Å². The van der Waals surface area contributed by atoms with E-state index in [-0.39, 0.29) is 5.91 Å². The molecule has 5 nitrogen and oxygen atoms in total. The number of hydrogen-bond acceptors (Lipinski definition) is 3. The van der Waals surface area contributed by atoms with Crippen molar-refractivity contribution in [3.8, 4) is 5.69 Å². The summed E-state index contributed by atoms with van der Waals surface area (Å²) in [5.74, 6) is 0.185. The Labute approximate surface area is 163 Å². The predicted octanol–water partition coefficient (Wildman–Crippen LogP) is 3.72. The van der Waals surface area contributed by atoms with Gasteiger partial charge in [-0.25, -0.2) is 4.68 Å². The van der Waals surface area contributed by atoms with Gasteiger partial charge in [-0.05, 0) is 41.8 Å². The van der Waals surface area contributed by atoms with Crippen LogP contribution in [-0.4, -0.2) is 22.7 Å². The number of carbonyl (C=O) groups excluding carboxylic acids is 1. The number of rotatable bonds is 5. The molecule has 0 spiro atoms. The first-order valence-electron chi connectivity index (χ1n) is 8.99. The summed E-state index contributed by atoms with van der Waals surface area (Å²) in [7, 11) is 1.84. The average Bonchev–Trinajstić information content (AvgIpc) is 3.14. The van der Waals surface area contributed by atoms with Crippen LogP contribution in [0.4, 0.5) is 5.69 Å². The average molecular weight is 381 g/mol. The minimum atomic E-state index is 0.185. The second-order valence-electron chi connectivity index (χ2n) is 6.79. The lowest BCUT2D eigenvalue weighted by Gasteiger charge is -2.26. The van der Waals surface area contributed by atoms with E-state index >= 15 is 0 Å². The van der Waals surface area contributed by atoms with Gasteiger partial charge in [0.15, 0.2) is 0 Å². The first kappa shape index (κ1) is 17.8. The molecule has 3 aromatic rings. The molecule has 0 saturated carbocycles. The summed E-state index contributed by atoms with van der Waals surface area (Å²) in [4.78, 5) is 13.5. The van der Waals surface area contributed by atoms with Crippen LogP contribution in [0.2, 0.25) is 5.02 Å². The van der Waals surface area contributed by atoms with Crippen molar-refractivity contribution in [3.05, 3.63) is 76.6 Å². The van der Waals surface area contributed by atoms with E-state index in [0.717, 1.165) is 36.4 Å². The maximum atomic E-state index is 11.8. The van der Waals surface area contributed by atoms with Crippen LogP contribution in [-0.2, 0) is 24.3 Å². The first-order chi connectivity index (χ1) is 13.1. The third-order valence-corrected chi connectivity index (χ3v) is 5.09. The van der Waals surface area contributed by atoms with E-state index in [1.807, 2.05) is 54.5 Å². The molecule has 2 aromatic carbocycles. The van der Waals surface area contributed by atoms with Gasteiger partial charge in [-0.3, -0.25) is 4.79 Å². The molecule has 0 fully saturated rings. The number of nitrogens with zero attached hydrogens (tertiary/aromatic N) is 3. The molecule has 0 radical (unpaired) electrons. The van der Waals surface area contributed by atoms with Crippen LogP contribution >= 0.6 is 11.6 Å². The van der Waals surface area contributed by atoms with E-state index in [0.29, 0.717) is 11.4 Å². The molecule has 1 amide bonds. The molecule has 1 aliphatic rings. The zero-order valence-corrected chi connectivity index (χ0v) is 15.9. The fourth-order valence-corrected chi connectivity index (χ4v) is 3.57. The normalized spacial score (nSPS) is 13.7. The molecular weight excluding hydrogens is 360 g/mol. The molecule has 0 unspecified atom stereocenters. The number of hydrogen-bond donors (Lipinski definition) is 1. The lowest BCUT2D eigenvalue weighted by molar-refractivity contribution is -0.118. The summed E-state index contributed by atoms with van der Waals surface area (Å²) >= 11 is 6.05. The Hall–Kier alpha value is -2.63. The SMILES string of the molecule is CN1C(=O)CCc2cc(CNCc3cnn(-c4cccc(Cl)c4)c3)ccc21. The lowest BCUT2D eigenvalue weighted by Crippen LogP contribution is -2.31. The predicted molar refractivity (Wildman–Crippen MR) is 107 cm³/mol. The number of aryl methyl sites for hydroxylation is 1. The molecule has 138 valence electrons. The highest BCUT2D eigenvalue weighted by atomic mass is 35.5. The van der Waals surface area contributed by atoms with E-state index in [1.165, 1.54) is 11.1 Å². The quantitative estimate of drug-likeness (QED) is 0.733. The topological polar surface area (TPSA) is 50.2 Å². The van der Waals surface area contributed by atoms with Crippen LogP contribution in [0.3, 0.4) is 0 Å². The van der Waals surface area contributed by atoms with Gasteiger partial charge in [0.25, 0.3) is 0 Å². The van der Waals surface area contributed by atoms with Gasteiger partial charge in [-0.2, -0.15) is 5.10 Å². The van der Waals surface area contributed by atoms with Crippen LogP contribution in [0.15, 0.2) is 54.9 Å². The van der Waals surface area contributed by atoms with Gasteiger partial charge in [-0.1, -0.05) is 29.8 Å². The maximum absolute atomic E-state index is 11.8. The highest BCUT2D eigenvalue weighted by Crippen LogP contribution is 2.27. The highest BCUT2D eigenvalue weighted by Gasteiger charge is 2.20. The second-order valence-corrected chi connectivity index (χ2v) is 7.23. The molecule has 1 aliphatic heterocycles. The van der Waals surface area contributed by atoms with Crippen molar-refractivity contribution in [3.63, 3.8) is 0 Å². The Kier molecular flexibility index (Phi) is 4.97. The van der Waals surface area contributed by atoms with Gasteiger partial charge in [0.1, 0.15) is 0 Å². The van der Waals surface area contributed by atoms with Crippen molar-refractivity contribution in [2.24, 2.45) is 0 Å². The van der Waals surface area contributed by atoms with Gasteiger partial charge in [0.05, 0.1) is 11.9 Å². The number of benzene rings is 2. The molecule has 0 atom stereocenters. The highest BCUT2D eigenvalue weighted by molar-refractivity contribution is 6.30. The van der Waals surface area contributed by atoms with Crippen molar-refractivity contribution >= 4 is 23.2 Å². The van der Waals surface area contributed by atoms with E-state index in [9.17, 15) is 4.79 Å². The number of fused-ring (bicyclic) bond motifs is 1. The molecule has 0 aliphatic carbocycles. The van der Waals surface area contributed by atoms with Crippen LogP contribution in [0.5, 0.6) is 0 Å². The van der Waals surface area contributed by atoms with E-state index in [4.69, 9.17) is 11.6 Å². The van der Waals surface area contributed by atoms with Crippen molar-refractivity contribution in [2.75, 3.05) is 11.9 Å². The molecule has 27 heavy (non-hydrogen) atoms. The largest absolute Gasteiger partial charge is 0.315 e. The van der Waals surface area contributed by atoms with Crippen molar-refractivity contribution in [2.45, 2.75) is 25.9 Å². The summed E-state index contributed by atoms with van der Waals surface area (Å²) in [5, 5.41) is 8.56. The molecule has 1 N–H and O–H groups in total. The Morgan fingerprint density at radius 2 is 1.96 bits per heavy atom. The van der Waals surface area contributed by atoms with Gasteiger partial charge in [-0.15, -0.1) is 0 Å². The number of carbonyl (C=O) groups is 1. The number of aromatic nitrogens is 2. The Balaban J connectivity index is 1.37. The van der Waals surface area contributed by atoms with Crippen molar-refractivity contribution < 1.29 is 4.79 Å². The fraction of sp³-hybridized carbons (Fsp3) is 0.238. The Bertz CT molecular complexity index is 982. The minimum absolute atomic E-state index is 0.185. The van der Waals surface area contributed by atoms with Gasteiger partial charge >= 0.3 is 0 Å². The van der Waals surface area contributed by atoms with Crippen LogP contribution < -0.4 is 10.2 Å². The number of nitrogens with one attached hydrogen (secondary N) is 1. The summed E-state index contributed by atoms with van der Waals surface area (Å²) in [6.07, 6.45) is 5.27. The fourth-order valence-electron chi connectivity index (χ4n) is 3.38. The van der Waals surface area contributed by atoms with Crippen LogP contribution in [0.25, 0.3) is 5.69 Å². The zero-order valence-electron chi connectivity index (χ0n) is 15.2. The van der Waals surface area contributed by atoms with Crippen LogP contribution in [0, 0.1) is 0 Å². The smallest absolute Gasteiger partial charge is 0.227 e. The third-order valence-electron chi connectivity index (χ3n) is 4.85. The Morgan fingerprint density at radius 3 is 2.81 bits per heavy atom.